The van der Waals surface area contributed by atoms with Gasteiger partial charge in [0.2, 0.25) is 0 Å². The Morgan fingerprint density at radius 2 is 1.52 bits per heavy atom. The number of carboxylic acids is 1. The smallest absolute Gasteiger partial charge is 0.328 e. The summed E-state index contributed by atoms with van der Waals surface area (Å²) in [4.78, 5) is 22.9. The molecule has 0 heterocycles. The van der Waals surface area contributed by atoms with Crippen molar-refractivity contribution in [3.63, 3.8) is 0 Å². The lowest BCUT2D eigenvalue weighted by molar-refractivity contribution is -0.133. The fourth-order valence-corrected chi connectivity index (χ4v) is 7.77. The lowest BCUT2D eigenvalue weighted by atomic mass is 10.1. The number of carbonyl (C=O) groups excluding carboxylic acids is 1. The van der Waals surface area contributed by atoms with E-state index in [4.69, 9.17) is 9.53 Å². The van der Waals surface area contributed by atoms with Crippen molar-refractivity contribution in [1.29, 1.82) is 0 Å². The van der Waals surface area contributed by atoms with Gasteiger partial charge in [0.1, 0.15) is 0 Å². The van der Waals surface area contributed by atoms with Crippen LogP contribution < -0.4 is 0 Å². The number of rotatable bonds is 14. The minimum atomic E-state index is -2.20. The number of aryl methyl sites for hydroxylation is 1. The second kappa shape index (κ2) is 13.3. The average Bonchev–Trinajstić information content (AvgIpc) is 2.67. The average molecular weight is 391 g/mol. The van der Waals surface area contributed by atoms with Crippen LogP contribution in [0, 0.1) is 0 Å². The van der Waals surface area contributed by atoms with Crippen molar-refractivity contribution in [2.24, 2.45) is 0 Å². The number of carbonyl (C=O) groups is 2. The highest BCUT2D eigenvalue weighted by Crippen LogP contribution is 2.30. The molecule has 1 rings (SSSR count). The number of unbranched alkanes of at least 4 members (excludes halogenated alkanes) is 3. The molecule has 1 aromatic carbocycles. The van der Waals surface area contributed by atoms with Gasteiger partial charge in [-0.15, -0.1) is 0 Å². The van der Waals surface area contributed by atoms with Gasteiger partial charge in [0, 0.05) is 12.2 Å². The van der Waals surface area contributed by atoms with Gasteiger partial charge in [-0.1, -0.05) is 76.3 Å². The zero-order valence-electron chi connectivity index (χ0n) is 16.8. The minimum Gasteiger partial charge on any atom is -0.516 e. The normalized spacial score (nSPS) is 11.6. The molecule has 1 aromatic rings. The Bertz CT molecular complexity index is 575. The Labute approximate surface area is 164 Å². The SMILES string of the molecule is CCCC[Si](CCCC)(CCCCc1ccccc1)OC(=O)/C=C\C(=O)O. The number of benzene rings is 1. The van der Waals surface area contributed by atoms with Gasteiger partial charge < -0.3 is 9.53 Å². The van der Waals surface area contributed by atoms with Crippen molar-refractivity contribution in [3.8, 4) is 0 Å². The van der Waals surface area contributed by atoms with Gasteiger partial charge in [-0.2, -0.15) is 0 Å². The van der Waals surface area contributed by atoms with E-state index in [1.54, 1.807) is 0 Å². The molecule has 0 amide bonds. The standard InChI is InChI=1S/C22H34O4Si/c1-3-5-17-27(18-6-4-2,26-22(25)16-15-21(23)24)19-11-10-14-20-12-8-7-9-13-20/h7-9,12-13,15-16H,3-6,10-11,14,17-19H2,1-2H3,(H,23,24)/b16-15-. The summed E-state index contributed by atoms with van der Waals surface area (Å²) in [6.45, 7) is 4.31. The third-order valence-electron chi connectivity index (χ3n) is 4.84. The van der Waals surface area contributed by atoms with E-state index in [0.717, 1.165) is 75.2 Å². The maximum atomic E-state index is 12.2. The van der Waals surface area contributed by atoms with E-state index >= 15 is 0 Å². The molecule has 0 bridgehead atoms. The van der Waals surface area contributed by atoms with Gasteiger partial charge in [-0.3, -0.25) is 0 Å². The lowest BCUT2D eigenvalue weighted by Crippen LogP contribution is -2.40. The fourth-order valence-electron chi connectivity index (χ4n) is 3.33. The molecule has 150 valence electrons. The van der Waals surface area contributed by atoms with E-state index in [0.29, 0.717) is 0 Å². The highest BCUT2D eigenvalue weighted by Gasteiger charge is 2.36. The molecule has 0 spiro atoms. The largest absolute Gasteiger partial charge is 0.516 e. The van der Waals surface area contributed by atoms with Crippen LogP contribution in [0.5, 0.6) is 0 Å². The topological polar surface area (TPSA) is 63.6 Å². The quantitative estimate of drug-likeness (QED) is 0.250. The summed E-state index contributed by atoms with van der Waals surface area (Å²) in [5.41, 5.74) is 1.34. The first kappa shape index (κ1) is 23.2. The lowest BCUT2D eigenvalue weighted by Gasteiger charge is -2.31. The number of carboxylic acid groups (broad SMARTS) is 1. The van der Waals surface area contributed by atoms with Crippen LogP contribution in [0.1, 0.15) is 57.9 Å². The highest BCUT2D eigenvalue weighted by atomic mass is 28.4. The van der Waals surface area contributed by atoms with Crippen LogP contribution in [-0.2, 0) is 20.4 Å². The molecule has 0 aromatic heterocycles. The number of hydrogen-bond acceptors (Lipinski definition) is 3. The predicted octanol–water partition coefficient (Wildman–Crippen LogP) is 5.74. The molecule has 4 nitrogen and oxygen atoms in total. The van der Waals surface area contributed by atoms with E-state index in [2.05, 4.69) is 38.1 Å². The van der Waals surface area contributed by atoms with Crippen LogP contribution in [0.15, 0.2) is 42.5 Å². The van der Waals surface area contributed by atoms with Crippen molar-refractivity contribution in [2.75, 3.05) is 0 Å². The molecule has 0 unspecified atom stereocenters. The molecular formula is C22H34O4Si. The molecule has 0 aliphatic carbocycles. The zero-order chi connectivity index (χ0) is 20.0. The third kappa shape index (κ3) is 10.1. The zero-order valence-corrected chi connectivity index (χ0v) is 17.8. The van der Waals surface area contributed by atoms with E-state index in [-0.39, 0.29) is 0 Å². The molecule has 0 aliphatic heterocycles. The van der Waals surface area contributed by atoms with Crippen molar-refractivity contribution in [1.82, 2.24) is 0 Å². The molecule has 1 N–H and O–H groups in total. The van der Waals surface area contributed by atoms with E-state index in [9.17, 15) is 9.59 Å². The first-order valence-corrected chi connectivity index (χ1v) is 12.7. The number of hydrogen-bond donors (Lipinski definition) is 1. The van der Waals surface area contributed by atoms with Crippen LogP contribution in [0.25, 0.3) is 0 Å². The monoisotopic (exact) mass is 390 g/mol. The Morgan fingerprint density at radius 3 is 2.07 bits per heavy atom. The van der Waals surface area contributed by atoms with Gasteiger partial charge in [-0.05, 0) is 36.5 Å². The molecule has 0 radical (unpaired) electrons. The van der Waals surface area contributed by atoms with Crippen LogP contribution in [0.4, 0.5) is 0 Å². The molecule has 0 fully saturated rings. The van der Waals surface area contributed by atoms with Gasteiger partial charge in [-0.25, -0.2) is 9.59 Å². The van der Waals surface area contributed by atoms with Gasteiger partial charge in [0.05, 0.1) is 0 Å². The van der Waals surface area contributed by atoms with Gasteiger partial charge in [0.15, 0.2) is 0 Å². The van der Waals surface area contributed by atoms with Crippen LogP contribution in [-0.4, -0.2) is 25.4 Å². The Kier molecular flexibility index (Phi) is 11.4. The summed E-state index contributed by atoms with van der Waals surface area (Å²) in [7, 11) is -2.20. The molecule has 0 saturated carbocycles. The molecule has 0 saturated heterocycles. The Hall–Kier alpha value is -1.88. The van der Waals surface area contributed by atoms with Crippen molar-refractivity contribution >= 4 is 20.3 Å². The minimum absolute atomic E-state index is 0.487. The summed E-state index contributed by atoms with van der Waals surface area (Å²) in [5.74, 6) is -1.61. The Balaban J connectivity index is 2.72. The summed E-state index contributed by atoms with van der Waals surface area (Å²) in [5, 5.41) is 8.74. The third-order valence-corrected chi connectivity index (χ3v) is 9.27. The predicted molar refractivity (Wildman–Crippen MR) is 112 cm³/mol. The second-order valence-corrected chi connectivity index (χ2v) is 11.2. The summed E-state index contributed by atoms with van der Waals surface area (Å²) in [6, 6.07) is 13.4. The maximum absolute atomic E-state index is 12.2. The van der Waals surface area contributed by atoms with E-state index in [1.807, 2.05) is 6.07 Å². The molecule has 27 heavy (non-hydrogen) atoms. The van der Waals surface area contributed by atoms with Gasteiger partial charge in [0.25, 0.3) is 8.32 Å². The summed E-state index contributed by atoms with van der Waals surface area (Å²) < 4.78 is 5.99. The van der Waals surface area contributed by atoms with Crippen LogP contribution in [0.2, 0.25) is 18.1 Å². The van der Waals surface area contributed by atoms with Crippen molar-refractivity contribution in [3.05, 3.63) is 48.0 Å². The Morgan fingerprint density at radius 1 is 0.926 bits per heavy atom. The summed E-state index contributed by atoms with van der Waals surface area (Å²) in [6.07, 6.45) is 9.38. The van der Waals surface area contributed by atoms with E-state index in [1.165, 1.54) is 5.56 Å². The second-order valence-electron chi connectivity index (χ2n) is 7.18. The molecular weight excluding hydrogens is 356 g/mol. The van der Waals surface area contributed by atoms with Crippen LogP contribution in [0.3, 0.4) is 0 Å². The molecule has 5 heteroatoms. The first-order valence-electron chi connectivity index (χ1n) is 10.2. The number of aliphatic carboxylic acids is 1. The van der Waals surface area contributed by atoms with Crippen LogP contribution >= 0.6 is 0 Å². The van der Waals surface area contributed by atoms with Gasteiger partial charge >= 0.3 is 11.9 Å². The van der Waals surface area contributed by atoms with Crippen molar-refractivity contribution in [2.45, 2.75) is 76.9 Å². The molecule has 0 atom stereocenters. The fraction of sp³-hybridized carbons (Fsp3) is 0.545. The first-order chi connectivity index (χ1) is 13.0. The summed E-state index contributed by atoms with van der Waals surface area (Å²) >= 11 is 0. The highest BCUT2D eigenvalue weighted by molar-refractivity contribution is 6.75. The van der Waals surface area contributed by atoms with Crippen molar-refractivity contribution < 1.29 is 19.1 Å². The van der Waals surface area contributed by atoms with E-state index < -0.39 is 20.3 Å². The molecule has 0 aliphatic rings. The maximum Gasteiger partial charge on any atom is 0.328 e.